The van der Waals surface area contributed by atoms with Crippen LogP contribution in [0.2, 0.25) is 0 Å². The molecule has 1 aromatic rings. The number of nitrogens with one attached hydrogen (secondary N) is 1. The predicted molar refractivity (Wildman–Crippen MR) is 64.2 cm³/mol. The Labute approximate surface area is 104 Å². The van der Waals surface area contributed by atoms with Crippen LogP contribution in [0.5, 0.6) is 0 Å². The van der Waals surface area contributed by atoms with Crippen molar-refractivity contribution in [2.45, 2.75) is 31.7 Å². The summed E-state index contributed by atoms with van der Waals surface area (Å²) in [6, 6.07) is 1.96. The van der Waals surface area contributed by atoms with Crippen LogP contribution in [-0.4, -0.2) is 18.0 Å². The van der Waals surface area contributed by atoms with Crippen molar-refractivity contribution in [1.82, 2.24) is 5.32 Å². The monoisotopic (exact) mass is 254 g/mol. The van der Waals surface area contributed by atoms with Crippen molar-refractivity contribution in [3.63, 3.8) is 0 Å². The first-order chi connectivity index (χ1) is 8.47. The number of benzene rings is 1. The molecule has 1 saturated carbocycles. The molecule has 0 spiro atoms. The second-order valence-electron chi connectivity index (χ2n) is 4.87. The van der Waals surface area contributed by atoms with Gasteiger partial charge in [0.15, 0.2) is 0 Å². The van der Waals surface area contributed by atoms with Crippen molar-refractivity contribution in [2.24, 2.45) is 5.73 Å². The van der Waals surface area contributed by atoms with Gasteiger partial charge in [0.25, 0.3) is 5.91 Å². The van der Waals surface area contributed by atoms with Crippen LogP contribution in [0.4, 0.5) is 8.78 Å². The largest absolute Gasteiger partial charge is 0.345 e. The second kappa shape index (κ2) is 4.65. The van der Waals surface area contributed by atoms with Gasteiger partial charge in [0.2, 0.25) is 0 Å². The van der Waals surface area contributed by atoms with Crippen LogP contribution in [0, 0.1) is 18.6 Å². The Morgan fingerprint density at radius 2 is 2.06 bits per heavy atom. The fourth-order valence-corrected chi connectivity index (χ4v) is 2.12. The zero-order chi connectivity index (χ0) is 13.3. The zero-order valence-corrected chi connectivity index (χ0v) is 10.2. The maximum absolute atomic E-state index is 13.5. The lowest BCUT2D eigenvalue weighted by molar-refractivity contribution is 0.0833. The van der Waals surface area contributed by atoms with Gasteiger partial charge in [0.1, 0.15) is 11.6 Å². The fourth-order valence-electron chi connectivity index (χ4n) is 2.12. The predicted octanol–water partition coefficient (Wildman–Crippen LogP) is 1.88. The molecule has 0 bridgehead atoms. The van der Waals surface area contributed by atoms with Gasteiger partial charge in [0.05, 0.1) is 11.1 Å². The minimum Gasteiger partial charge on any atom is -0.345 e. The standard InChI is InChI=1S/C13H16F2N2O/c1-8-5-9(11(15)6-10(8)14)12(18)17-13(7-16)3-2-4-13/h5-6H,2-4,7,16H2,1H3,(H,17,18). The molecule has 0 aliphatic heterocycles. The van der Waals surface area contributed by atoms with E-state index in [1.165, 1.54) is 13.0 Å². The van der Waals surface area contributed by atoms with E-state index in [2.05, 4.69) is 5.32 Å². The molecule has 0 aromatic heterocycles. The molecule has 98 valence electrons. The van der Waals surface area contributed by atoms with Crippen molar-refractivity contribution < 1.29 is 13.6 Å². The van der Waals surface area contributed by atoms with Gasteiger partial charge >= 0.3 is 0 Å². The molecule has 3 nitrogen and oxygen atoms in total. The molecule has 5 heteroatoms. The zero-order valence-electron chi connectivity index (χ0n) is 10.2. The lowest BCUT2D eigenvalue weighted by Gasteiger charge is -2.41. The highest BCUT2D eigenvalue weighted by Gasteiger charge is 2.37. The molecule has 0 unspecified atom stereocenters. The Hall–Kier alpha value is -1.49. The topological polar surface area (TPSA) is 55.1 Å². The third-order valence-electron chi connectivity index (χ3n) is 3.57. The van der Waals surface area contributed by atoms with Gasteiger partial charge in [-0.25, -0.2) is 8.78 Å². The van der Waals surface area contributed by atoms with Crippen LogP contribution in [-0.2, 0) is 0 Å². The molecule has 1 fully saturated rings. The van der Waals surface area contributed by atoms with E-state index in [1.54, 1.807) is 0 Å². The third-order valence-corrected chi connectivity index (χ3v) is 3.57. The van der Waals surface area contributed by atoms with Crippen molar-refractivity contribution in [2.75, 3.05) is 6.54 Å². The Morgan fingerprint density at radius 3 is 2.56 bits per heavy atom. The van der Waals surface area contributed by atoms with E-state index in [-0.39, 0.29) is 11.1 Å². The van der Waals surface area contributed by atoms with Crippen molar-refractivity contribution in [3.05, 3.63) is 34.9 Å². The van der Waals surface area contributed by atoms with Crippen LogP contribution >= 0.6 is 0 Å². The van der Waals surface area contributed by atoms with Crippen LogP contribution in [0.1, 0.15) is 35.2 Å². The Bertz CT molecular complexity index is 479. The van der Waals surface area contributed by atoms with E-state index >= 15 is 0 Å². The van der Waals surface area contributed by atoms with E-state index < -0.39 is 23.1 Å². The van der Waals surface area contributed by atoms with Crippen molar-refractivity contribution >= 4 is 5.91 Å². The lowest BCUT2D eigenvalue weighted by atomic mass is 9.76. The first-order valence-electron chi connectivity index (χ1n) is 5.96. The van der Waals surface area contributed by atoms with Gasteiger partial charge in [-0.3, -0.25) is 4.79 Å². The van der Waals surface area contributed by atoms with Gasteiger partial charge in [-0.15, -0.1) is 0 Å². The van der Waals surface area contributed by atoms with E-state index in [4.69, 9.17) is 5.73 Å². The number of carbonyl (C=O) groups is 1. The smallest absolute Gasteiger partial charge is 0.254 e. The summed E-state index contributed by atoms with van der Waals surface area (Å²) >= 11 is 0. The molecule has 0 saturated heterocycles. The molecular weight excluding hydrogens is 238 g/mol. The number of hydrogen-bond acceptors (Lipinski definition) is 2. The second-order valence-corrected chi connectivity index (χ2v) is 4.87. The molecule has 3 N–H and O–H groups in total. The lowest BCUT2D eigenvalue weighted by Crippen LogP contribution is -2.58. The molecule has 0 radical (unpaired) electrons. The molecule has 1 amide bonds. The number of rotatable bonds is 3. The van der Waals surface area contributed by atoms with Crippen molar-refractivity contribution in [1.29, 1.82) is 0 Å². The highest BCUT2D eigenvalue weighted by Crippen LogP contribution is 2.31. The van der Waals surface area contributed by atoms with Gasteiger partial charge < -0.3 is 11.1 Å². The van der Waals surface area contributed by atoms with Crippen LogP contribution in [0.25, 0.3) is 0 Å². The molecule has 18 heavy (non-hydrogen) atoms. The summed E-state index contributed by atoms with van der Waals surface area (Å²) in [5.41, 5.74) is 5.32. The van der Waals surface area contributed by atoms with Crippen LogP contribution in [0.3, 0.4) is 0 Å². The number of nitrogens with two attached hydrogens (primary N) is 1. The first-order valence-corrected chi connectivity index (χ1v) is 5.96. The molecule has 1 aromatic carbocycles. The molecule has 1 aliphatic rings. The molecule has 0 heterocycles. The highest BCUT2D eigenvalue weighted by atomic mass is 19.1. The number of halogens is 2. The fraction of sp³-hybridized carbons (Fsp3) is 0.462. The Kier molecular flexibility index (Phi) is 3.34. The Balaban J connectivity index is 2.21. The SMILES string of the molecule is Cc1cc(C(=O)NC2(CN)CCC2)c(F)cc1F. The average Bonchev–Trinajstić information content (AvgIpc) is 2.28. The third kappa shape index (κ3) is 2.22. The average molecular weight is 254 g/mol. The number of amides is 1. The van der Waals surface area contributed by atoms with Gasteiger partial charge in [-0.1, -0.05) is 0 Å². The van der Waals surface area contributed by atoms with E-state index in [0.717, 1.165) is 25.3 Å². The quantitative estimate of drug-likeness (QED) is 0.865. The molecular formula is C13H16F2N2O. The number of aryl methyl sites for hydroxylation is 1. The summed E-state index contributed by atoms with van der Waals surface area (Å²) in [5, 5.41) is 2.76. The summed E-state index contributed by atoms with van der Waals surface area (Å²) in [6.07, 6.45) is 2.61. The van der Waals surface area contributed by atoms with Crippen LogP contribution in [0.15, 0.2) is 12.1 Å². The summed E-state index contributed by atoms with van der Waals surface area (Å²) in [5.74, 6) is -2.02. The highest BCUT2D eigenvalue weighted by molar-refractivity contribution is 5.95. The maximum Gasteiger partial charge on any atom is 0.254 e. The summed E-state index contributed by atoms with van der Waals surface area (Å²) in [4.78, 5) is 12.0. The van der Waals surface area contributed by atoms with Crippen LogP contribution < -0.4 is 11.1 Å². The normalized spacial score (nSPS) is 17.1. The van der Waals surface area contributed by atoms with Gasteiger partial charge in [-0.05, 0) is 37.8 Å². The molecule has 2 rings (SSSR count). The molecule has 0 atom stereocenters. The van der Waals surface area contributed by atoms with Gasteiger partial charge in [0, 0.05) is 12.6 Å². The van der Waals surface area contributed by atoms with Crippen molar-refractivity contribution in [3.8, 4) is 0 Å². The number of carbonyl (C=O) groups excluding carboxylic acids is 1. The number of hydrogen-bond donors (Lipinski definition) is 2. The minimum absolute atomic E-state index is 0.131. The molecule has 1 aliphatic carbocycles. The Morgan fingerprint density at radius 1 is 1.39 bits per heavy atom. The van der Waals surface area contributed by atoms with E-state index in [9.17, 15) is 13.6 Å². The first kappa shape index (κ1) is 13.0. The van der Waals surface area contributed by atoms with Gasteiger partial charge in [-0.2, -0.15) is 0 Å². The summed E-state index contributed by atoms with van der Waals surface area (Å²) in [6.45, 7) is 1.83. The van der Waals surface area contributed by atoms with E-state index in [0.29, 0.717) is 6.54 Å². The minimum atomic E-state index is -0.845. The maximum atomic E-state index is 13.5. The van der Waals surface area contributed by atoms with E-state index in [1.807, 2.05) is 0 Å². The summed E-state index contributed by atoms with van der Waals surface area (Å²) < 4.78 is 26.7. The summed E-state index contributed by atoms with van der Waals surface area (Å²) in [7, 11) is 0.